The molecule has 0 aliphatic carbocycles. The molecule has 2 heterocycles. The second-order valence-corrected chi connectivity index (χ2v) is 6.07. The minimum Gasteiger partial charge on any atom is -0.326 e. The number of carbonyl (C=O) groups is 3. The SMILES string of the molecule is CCN(C(=O)c1cnn(-c2ccccc2C)c1C)C1CC(=O)NC1=O. The van der Waals surface area contributed by atoms with E-state index in [0.717, 1.165) is 11.3 Å². The molecule has 1 fully saturated rings. The predicted octanol–water partition coefficient (Wildman–Crippen LogP) is 1.37. The molecule has 1 aliphatic rings. The van der Waals surface area contributed by atoms with E-state index in [1.165, 1.54) is 11.1 Å². The molecule has 3 rings (SSSR count). The Hall–Kier alpha value is -2.96. The van der Waals surface area contributed by atoms with Gasteiger partial charge in [-0.05, 0) is 32.4 Å². The van der Waals surface area contributed by atoms with E-state index in [0.29, 0.717) is 17.8 Å². The van der Waals surface area contributed by atoms with E-state index in [1.807, 2.05) is 38.1 Å². The van der Waals surface area contributed by atoms with Crippen LogP contribution in [0.2, 0.25) is 0 Å². The van der Waals surface area contributed by atoms with E-state index in [4.69, 9.17) is 0 Å². The zero-order chi connectivity index (χ0) is 18.1. The molecular weight excluding hydrogens is 320 g/mol. The number of aromatic nitrogens is 2. The van der Waals surface area contributed by atoms with Crippen LogP contribution in [0.1, 0.15) is 35.0 Å². The second-order valence-electron chi connectivity index (χ2n) is 6.07. The maximum absolute atomic E-state index is 12.9. The number of nitrogens with zero attached hydrogens (tertiary/aromatic N) is 3. The van der Waals surface area contributed by atoms with Crippen molar-refractivity contribution in [3.05, 3.63) is 47.3 Å². The molecule has 1 saturated heterocycles. The van der Waals surface area contributed by atoms with E-state index >= 15 is 0 Å². The van der Waals surface area contributed by atoms with Crippen molar-refractivity contribution >= 4 is 17.7 Å². The Labute approximate surface area is 145 Å². The lowest BCUT2D eigenvalue weighted by molar-refractivity contribution is -0.126. The number of rotatable bonds is 4. The Balaban J connectivity index is 1.94. The van der Waals surface area contributed by atoms with Gasteiger partial charge >= 0.3 is 0 Å². The normalized spacial score (nSPS) is 16.8. The Morgan fingerprint density at radius 1 is 1.32 bits per heavy atom. The highest BCUT2D eigenvalue weighted by Crippen LogP contribution is 2.21. The largest absolute Gasteiger partial charge is 0.326 e. The highest BCUT2D eigenvalue weighted by molar-refractivity contribution is 6.08. The lowest BCUT2D eigenvalue weighted by Crippen LogP contribution is -2.44. The number of aryl methyl sites for hydroxylation is 1. The van der Waals surface area contributed by atoms with Gasteiger partial charge in [0.15, 0.2) is 0 Å². The summed E-state index contributed by atoms with van der Waals surface area (Å²) < 4.78 is 1.72. The standard InChI is InChI=1S/C18H20N4O3/c1-4-21(15-9-16(23)20-17(15)24)18(25)13-10-19-22(12(13)3)14-8-6-5-7-11(14)2/h5-8,10,15H,4,9H2,1-3H3,(H,20,23,24). The minimum atomic E-state index is -0.758. The molecule has 1 aromatic carbocycles. The van der Waals surface area contributed by atoms with Crippen LogP contribution in [0.4, 0.5) is 0 Å². The molecule has 7 nitrogen and oxygen atoms in total. The molecule has 0 radical (unpaired) electrons. The average molecular weight is 340 g/mol. The van der Waals surface area contributed by atoms with Gasteiger partial charge in [-0.15, -0.1) is 0 Å². The zero-order valence-electron chi connectivity index (χ0n) is 14.4. The molecule has 1 unspecified atom stereocenters. The third kappa shape index (κ3) is 2.93. The fourth-order valence-electron chi connectivity index (χ4n) is 3.12. The van der Waals surface area contributed by atoms with E-state index in [9.17, 15) is 14.4 Å². The number of carbonyl (C=O) groups excluding carboxylic acids is 3. The molecule has 2 aromatic rings. The number of hydrogen-bond acceptors (Lipinski definition) is 4. The Kier molecular flexibility index (Phi) is 4.39. The van der Waals surface area contributed by atoms with Gasteiger partial charge in [-0.2, -0.15) is 5.10 Å². The minimum absolute atomic E-state index is 0.00336. The summed E-state index contributed by atoms with van der Waals surface area (Å²) in [6.45, 7) is 5.92. The topological polar surface area (TPSA) is 84.3 Å². The summed E-state index contributed by atoms with van der Waals surface area (Å²) in [6, 6.07) is 7.01. The molecule has 0 spiro atoms. The van der Waals surface area contributed by atoms with Gasteiger partial charge < -0.3 is 4.90 Å². The van der Waals surface area contributed by atoms with Crippen molar-refractivity contribution in [2.24, 2.45) is 0 Å². The lowest BCUT2D eigenvalue weighted by Gasteiger charge is -2.25. The first kappa shape index (κ1) is 16.9. The van der Waals surface area contributed by atoms with Crippen LogP contribution in [0.5, 0.6) is 0 Å². The first-order valence-electron chi connectivity index (χ1n) is 8.19. The molecule has 25 heavy (non-hydrogen) atoms. The zero-order valence-corrected chi connectivity index (χ0v) is 14.4. The van der Waals surface area contributed by atoms with Crippen LogP contribution >= 0.6 is 0 Å². The molecule has 1 aromatic heterocycles. The number of para-hydroxylation sites is 1. The molecule has 130 valence electrons. The molecule has 7 heteroatoms. The van der Waals surface area contributed by atoms with E-state index in [2.05, 4.69) is 10.4 Å². The third-order valence-corrected chi connectivity index (χ3v) is 4.51. The van der Waals surface area contributed by atoms with Crippen LogP contribution in [-0.2, 0) is 9.59 Å². The summed E-state index contributed by atoms with van der Waals surface area (Å²) in [5, 5.41) is 6.60. The maximum atomic E-state index is 12.9. The highest BCUT2D eigenvalue weighted by Gasteiger charge is 2.38. The molecule has 1 N–H and O–H groups in total. The van der Waals surface area contributed by atoms with Crippen LogP contribution < -0.4 is 5.32 Å². The summed E-state index contributed by atoms with van der Waals surface area (Å²) in [6.07, 6.45) is 1.52. The fraction of sp³-hybridized carbons (Fsp3) is 0.333. The van der Waals surface area contributed by atoms with Gasteiger partial charge in [-0.1, -0.05) is 18.2 Å². The van der Waals surface area contributed by atoms with Crippen LogP contribution in [-0.4, -0.2) is 45.0 Å². The van der Waals surface area contributed by atoms with Crippen LogP contribution in [0, 0.1) is 13.8 Å². The molecule has 1 atom stereocenters. The van der Waals surface area contributed by atoms with Gasteiger partial charge in [0.2, 0.25) is 11.8 Å². The van der Waals surface area contributed by atoms with E-state index < -0.39 is 11.9 Å². The summed E-state index contributed by atoms with van der Waals surface area (Å²) in [5.41, 5.74) is 3.07. The van der Waals surface area contributed by atoms with Gasteiger partial charge in [0.05, 0.1) is 29.6 Å². The summed E-state index contributed by atoms with van der Waals surface area (Å²) >= 11 is 0. The first-order valence-corrected chi connectivity index (χ1v) is 8.19. The number of amides is 3. The summed E-state index contributed by atoms with van der Waals surface area (Å²) in [4.78, 5) is 37.8. The first-order chi connectivity index (χ1) is 11.9. The number of hydrogen-bond donors (Lipinski definition) is 1. The highest BCUT2D eigenvalue weighted by atomic mass is 16.2. The Morgan fingerprint density at radius 3 is 2.64 bits per heavy atom. The van der Waals surface area contributed by atoms with Crippen molar-refractivity contribution in [3.8, 4) is 5.69 Å². The van der Waals surface area contributed by atoms with Crippen molar-refractivity contribution in [1.82, 2.24) is 20.0 Å². The number of nitrogens with one attached hydrogen (secondary N) is 1. The fourth-order valence-corrected chi connectivity index (χ4v) is 3.12. The van der Waals surface area contributed by atoms with Gasteiger partial charge in [0.25, 0.3) is 5.91 Å². The number of likely N-dealkylation sites (N-methyl/N-ethyl adjacent to an activating group) is 1. The van der Waals surface area contributed by atoms with Crippen LogP contribution in [0.3, 0.4) is 0 Å². The van der Waals surface area contributed by atoms with Gasteiger partial charge in [-0.25, -0.2) is 4.68 Å². The van der Waals surface area contributed by atoms with Gasteiger partial charge in [0, 0.05) is 6.54 Å². The van der Waals surface area contributed by atoms with Gasteiger partial charge in [0.1, 0.15) is 6.04 Å². The molecular formula is C18H20N4O3. The second kappa shape index (κ2) is 6.51. The Morgan fingerprint density at radius 2 is 2.04 bits per heavy atom. The summed E-state index contributed by atoms with van der Waals surface area (Å²) in [7, 11) is 0. The number of benzene rings is 1. The monoisotopic (exact) mass is 340 g/mol. The number of imide groups is 1. The average Bonchev–Trinajstić information content (AvgIpc) is 3.11. The quantitative estimate of drug-likeness (QED) is 0.852. The Bertz CT molecular complexity index is 856. The van der Waals surface area contributed by atoms with Crippen molar-refractivity contribution in [2.75, 3.05) is 6.54 Å². The van der Waals surface area contributed by atoms with Crippen molar-refractivity contribution in [2.45, 2.75) is 33.2 Å². The predicted molar refractivity (Wildman–Crippen MR) is 91.3 cm³/mol. The van der Waals surface area contributed by atoms with Crippen molar-refractivity contribution in [1.29, 1.82) is 0 Å². The van der Waals surface area contributed by atoms with Gasteiger partial charge in [-0.3, -0.25) is 19.7 Å². The summed E-state index contributed by atoms with van der Waals surface area (Å²) in [5.74, 6) is -1.08. The molecule has 3 amide bonds. The van der Waals surface area contributed by atoms with Crippen molar-refractivity contribution < 1.29 is 14.4 Å². The van der Waals surface area contributed by atoms with Crippen LogP contribution in [0.25, 0.3) is 5.69 Å². The maximum Gasteiger partial charge on any atom is 0.258 e. The lowest BCUT2D eigenvalue weighted by atomic mass is 10.1. The molecule has 0 saturated carbocycles. The smallest absolute Gasteiger partial charge is 0.258 e. The molecule has 0 bridgehead atoms. The third-order valence-electron chi connectivity index (χ3n) is 4.51. The van der Waals surface area contributed by atoms with E-state index in [1.54, 1.807) is 11.6 Å². The van der Waals surface area contributed by atoms with Crippen LogP contribution in [0.15, 0.2) is 30.5 Å². The van der Waals surface area contributed by atoms with E-state index in [-0.39, 0.29) is 18.2 Å². The molecule has 1 aliphatic heterocycles. The van der Waals surface area contributed by atoms with Crippen molar-refractivity contribution in [3.63, 3.8) is 0 Å².